The van der Waals surface area contributed by atoms with Crippen LogP contribution in [-0.2, 0) is 11.8 Å². The molecule has 0 aromatic heterocycles. The normalized spacial score (nSPS) is 13.6. The van der Waals surface area contributed by atoms with E-state index in [0.717, 1.165) is 19.4 Å². The number of hydrogen-bond donors (Lipinski definition) is 1. The van der Waals surface area contributed by atoms with E-state index in [-0.39, 0.29) is 11.0 Å². The Kier molecular flexibility index (Phi) is 6.22. The van der Waals surface area contributed by atoms with Gasteiger partial charge in [-0.3, -0.25) is 0 Å². The molecule has 0 heterocycles. The second-order valence-corrected chi connectivity index (χ2v) is 8.14. The molecule has 1 aromatic rings. The molecule has 21 heavy (non-hydrogen) atoms. The molecule has 0 bridgehead atoms. The molecule has 0 saturated carbocycles. The van der Waals surface area contributed by atoms with E-state index in [1.54, 1.807) is 0 Å². The molecule has 1 heteroatoms. The maximum Gasteiger partial charge on any atom is 0.00966 e. The van der Waals surface area contributed by atoms with Gasteiger partial charge in [0, 0.05) is 5.54 Å². The van der Waals surface area contributed by atoms with Crippen molar-refractivity contribution in [3.8, 4) is 0 Å². The minimum Gasteiger partial charge on any atom is -0.312 e. The van der Waals surface area contributed by atoms with Crippen molar-refractivity contribution in [3.05, 3.63) is 47.0 Å². The second-order valence-electron chi connectivity index (χ2n) is 8.14. The van der Waals surface area contributed by atoms with Gasteiger partial charge in [-0.2, -0.15) is 0 Å². The van der Waals surface area contributed by atoms with Gasteiger partial charge in [0.25, 0.3) is 0 Å². The summed E-state index contributed by atoms with van der Waals surface area (Å²) in [5.41, 5.74) is 4.71. The highest BCUT2D eigenvalue weighted by molar-refractivity contribution is 5.29. The van der Waals surface area contributed by atoms with E-state index < -0.39 is 0 Å². The number of rotatable bonds is 5. The van der Waals surface area contributed by atoms with Crippen LogP contribution in [0.15, 0.2) is 35.9 Å². The molecule has 0 spiro atoms. The summed E-state index contributed by atoms with van der Waals surface area (Å²) in [5, 5.41) is 3.52. The van der Waals surface area contributed by atoms with Crippen LogP contribution >= 0.6 is 0 Å². The molecule has 1 nitrogen and oxygen atoms in total. The van der Waals surface area contributed by atoms with Crippen molar-refractivity contribution < 1.29 is 0 Å². The first-order valence-electron chi connectivity index (χ1n) is 8.08. The fourth-order valence-electron chi connectivity index (χ4n) is 2.28. The topological polar surface area (TPSA) is 12.0 Å². The van der Waals surface area contributed by atoms with Crippen LogP contribution in [0.3, 0.4) is 0 Å². The molecule has 0 atom stereocenters. The van der Waals surface area contributed by atoms with Crippen molar-refractivity contribution in [2.75, 3.05) is 6.54 Å². The van der Waals surface area contributed by atoms with E-state index >= 15 is 0 Å². The quantitative estimate of drug-likeness (QED) is 0.576. The first-order valence-corrected chi connectivity index (χ1v) is 8.08. The van der Waals surface area contributed by atoms with Crippen LogP contribution < -0.4 is 5.32 Å². The SMILES string of the molecule is CC(=CCCNC(C)(C)C)Cc1ccc(C(C)(C)C)cc1. The molecule has 0 radical (unpaired) electrons. The van der Waals surface area contributed by atoms with Gasteiger partial charge in [-0.05, 0) is 63.6 Å². The molecule has 0 unspecified atom stereocenters. The van der Waals surface area contributed by atoms with Crippen LogP contribution in [0.5, 0.6) is 0 Å². The molecule has 1 N–H and O–H groups in total. The van der Waals surface area contributed by atoms with Gasteiger partial charge < -0.3 is 5.32 Å². The zero-order valence-corrected chi connectivity index (χ0v) is 15.0. The van der Waals surface area contributed by atoms with E-state index in [9.17, 15) is 0 Å². The van der Waals surface area contributed by atoms with E-state index in [1.165, 1.54) is 16.7 Å². The monoisotopic (exact) mass is 287 g/mol. The predicted molar refractivity (Wildman–Crippen MR) is 95.0 cm³/mol. The zero-order chi connectivity index (χ0) is 16.1. The summed E-state index contributed by atoms with van der Waals surface area (Å²) in [4.78, 5) is 0. The Bertz CT molecular complexity index is 452. The molecule has 0 amide bonds. The Morgan fingerprint density at radius 1 is 1.00 bits per heavy atom. The van der Waals surface area contributed by atoms with Gasteiger partial charge >= 0.3 is 0 Å². The molecule has 0 fully saturated rings. The number of hydrogen-bond acceptors (Lipinski definition) is 1. The summed E-state index contributed by atoms with van der Waals surface area (Å²) in [6.45, 7) is 16.7. The molecule has 0 aliphatic heterocycles. The molecule has 0 aliphatic rings. The molecule has 0 aliphatic carbocycles. The van der Waals surface area contributed by atoms with E-state index in [2.05, 4.69) is 84.1 Å². The second kappa shape index (κ2) is 7.26. The standard InChI is InChI=1S/C20H33N/c1-16(9-8-14-21-20(5,6)7)15-17-10-12-18(13-11-17)19(2,3)4/h9-13,21H,8,14-15H2,1-7H3. The largest absolute Gasteiger partial charge is 0.312 e. The van der Waals surface area contributed by atoms with Crippen molar-refractivity contribution >= 4 is 0 Å². The highest BCUT2D eigenvalue weighted by Crippen LogP contribution is 2.22. The maximum absolute atomic E-state index is 3.52. The fourth-order valence-corrected chi connectivity index (χ4v) is 2.28. The lowest BCUT2D eigenvalue weighted by molar-refractivity contribution is 0.431. The minimum absolute atomic E-state index is 0.213. The fraction of sp³-hybridized carbons (Fsp3) is 0.600. The van der Waals surface area contributed by atoms with Crippen LogP contribution in [0.2, 0.25) is 0 Å². The summed E-state index contributed by atoms with van der Waals surface area (Å²) >= 11 is 0. The highest BCUT2D eigenvalue weighted by Gasteiger charge is 2.12. The Morgan fingerprint density at radius 3 is 2.05 bits per heavy atom. The summed E-state index contributed by atoms with van der Waals surface area (Å²) in [6.07, 6.45) is 4.51. The first-order chi connectivity index (χ1) is 9.58. The Hall–Kier alpha value is -1.08. The third-order valence-corrected chi connectivity index (χ3v) is 3.60. The third kappa shape index (κ3) is 7.47. The number of nitrogens with one attached hydrogen (secondary N) is 1. The predicted octanol–water partition coefficient (Wildman–Crippen LogP) is 5.25. The van der Waals surface area contributed by atoms with Gasteiger partial charge in [0.2, 0.25) is 0 Å². The van der Waals surface area contributed by atoms with Crippen molar-refractivity contribution in [1.82, 2.24) is 5.32 Å². The summed E-state index contributed by atoms with van der Waals surface area (Å²) in [6, 6.07) is 9.07. The minimum atomic E-state index is 0.213. The van der Waals surface area contributed by atoms with Crippen LogP contribution in [0.4, 0.5) is 0 Å². The third-order valence-electron chi connectivity index (χ3n) is 3.60. The zero-order valence-electron chi connectivity index (χ0n) is 15.0. The van der Waals surface area contributed by atoms with Gasteiger partial charge in [-0.1, -0.05) is 56.7 Å². The van der Waals surface area contributed by atoms with Crippen LogP contribution in [-0.4, -0.2) is 12.1 Å². The first kappa shape index (κ1) is 18.0. The average Bonchev–Trinajstić information content (AvgIpc) is 2.33. The van der Waals surface area contributed by atoms with Crippen LogP contribution in [0.1, 0.15) is 66.0 Å². The summed E-state index contributed by atoms with van der Waals surface area (Å²) < 4.78 is 0. The van der Waals surface area contributed by atoms with E-state index in [0.29, 0.717) is 0 Å². The Balaban J connectivity index is 2.49. The Morgan fingerprint density at radius 2 is 1.57 bits per heavy atom. The lowest BCUT2D eigenvalue weighted by Crippen LogP contribution is -2.36. The van der Waals surface area contributed by atoms with Crippen molar-refractivity contribution in [2.45, 2.75) is 72.3 Å². The van der Waals surface area contributed by atoms with Crippen LogP contribution in [0, 0.1) is 0 Å². The Labute approximate surface area is 131 Å². The van der Waals surface area contributed by atoms with E-state index in [1.807, 2.05) is 0 Å². The van der Waals surface area contributed by atoms with Crippen LogP contribution in [0.25, 0.3) is 0 Å². The van der Waals surface area contributed by atoms with Gasteiger partial charge in [0.1, 0.15) is 0 Å². The lowest BCUT2D eigenvalue weighted by Gasteiger charge is -2.20. The number of allylic oxidation sites excluding steroid dienone is 1. The molecular formula is C20H33N. The lowest BCUT2D eigenvalue weighted by atomic mass is 9.86. The van der Waals surface area contributed by atoms with Gasteiger partial charge in [0.15, 0.2) is 0 Å². The number of benzene rings is 1. The smallest absolute Gasteiger partial charge is 0.00966 e. The van der Waals surface area contributed by atoms with Crippen molar-refractivity contribution in [2.24, 2.45) is 0 Å². The van der Waals surface area contributed by atoms with Gasteiger partial charge in [-0.15, -0.1) is 0 Å². The van der Waals surface area contributed by atoms with Gasteiger partial charge in [-0.25, -0.2) is 0 Å². The summed E-state index contributed by atoms with van der Waals surface area (Å²) in [7, 11) is 0. The summed E-state index contributed by atoms with van der Waals surface area (Å²) in [5.74, 6) is 0. The van der Waals surface area contributed by atoms with Gasteiger partial charge in [0.05, 0.1) is 0 Å². The maximum atomic E-state index is 3.52. The molecule has 1 aromatic carbocycles. The van der Waals surface area contributed by atoms with Crippen molar-refractivity contribution in [1.29, 1.82) is 0 Å². The molecule has 118 valence electrons. The average molecular weight is 287 g/mol. The highest BCUT2D eigenvalue weighted by atomic mass is 14.9. The molecule has 1 rings (SSSR count). The van der Waals surface area contributed by atoms with Crippen molar-refractivity contribution in [3.63, 3.8) is 0 Å². The van der Waals surface area contributed by atoms with E-state index in [4.69, 9.17) is 0 Å². The molecule has 0 saturated heterocycles. The molecular weight excluding hydrogens is 254 g/mol.